The number of carbonyl (C=O) groups is 1. The summed E-state index contributed by atoms with van der Waals surface area (Å²) in [6, 6.07) is 3.61. The van der Waals surface area contributed by atoms with Crippen LogP contribution in [0.5, 0.6) is 0 Å². The molecule has 0 aliphatic rings. The van der Waals surface area contributed by atoms with Gasteiger partial charge in [-0.1, -0.05) is 11.8 Å². The van der Waals surface area contributed by atoms with Gasteiger partial charge in [-0.05, 0) is 19.1 Å². The van der Waals surface area contributed by atoms with Crippen molar-refractivity contribution in [2.45, 2.75) is 18.6 Å². The first kappa shape index (κ1) is 11.8. The number of Topliss-reactive ketones (excluding diaryl/α,β-unsaturated/α-hetero) is 1. The lowest BCUT2D eigenvalue weighted by Crippen LogP contribution is -1.91. The molecule has 2 aromatic heterocycles. The number of thioether (sulfide) groups is 1. The molecule has 0 radical (unpaired) electrons. The zero-order valence-electron chi connectivity index (χ0n) is 9.29. The van der Waals surface area contributed by atoms with Gasteiger partial charge in [0.05, 0.1) is 0 Å². The second-order valence-electron chi connectivity index (χ2n) is 3.41. The van der Waals surface area contributed by atoms with E-state index in [9.17, 15) is 4.79 Å². The third kappa shape index (κ3) is 3.39. The molecule has 2 heterocycles. The topological polar surface area (TPSA) is 68.9 Å². The molecule has 2 aromatic rings. The maximum absolute atomic E-state index is 10.8. The van der Waals surface area contributed by atoms with Gasteiger partial charge in [-0.3, -0.25) is 9.78 Å². The Morgan fingerprint density at radius 3 is 2.82 bits per heavy atom. The molecule has 5 nitrogen and oxygen atoms in total. The molecule has 0 bridgehead atoms. The highest BCUT2D eigenvalue weighted by atomic mass is 32.2. The van der Waals surface area contributed by atoms with Crippen molar-refractivity contribution < 1.29 is 9.21 Å². The molecule has 0 spiro atoms. The summed E-state index contributed by atoms with van der Waals surface area (Å²) in [5.41, 5.74) is 0.839. The molecule has 88 valence electrons. The molecule has 17 heavy (non-hydrogen) atoms. The number of rotatable bonds is 5. The Morgan fingerprint density at radius 1 is 1.35 bits per heavy atom. The fourth-order valence-electron chi connectivity index (χ4n) is 1.16. The van der Waals surface area contributed by atoms with Crippen LogP contribution in [0.1, 0.15) is 13.3 Å². The number of hydrogen-bond acceptors (Lipinski definition) is 6. The molecule has 0 N–H and O–H groups in total. The molecule has 0 aliphatic heterocycles. The first-order valence-electron chi connectivity index (χ1n) is 5.12. The number of nitrogens with zero attached hydrogens (tertiary/aromatic N) is 3. The van der Waals surface area contributed by atoms with E-state index in [0.717, 1.165) is 5.56 Å². The standard InChI is InChI=1S/C11H11N3O2S/c1-8(15)4-7-17-11-14-13-10(16-11)9-2-5-12-6-3-9/h2-3,5-6H,4,7H2,1H3. The third-order valence-electron chi connectivity index (χ3n) is 2.01. The van der Waals surface area contributed by atoms with E-state index in [1.807, 2.05) is 0 Å². The normalized spacial score (nSPS) is 10.4. The average molecular weight is 249 g/mol. The number of carbonyl (C=O) groups excluding carboxylic acids is 1. The van der Waals surface area contributed by atoms with E-state index in [1.54, 1.807) is 31.5 Å². The second-order valence-corrected chi connectivity index (χ2v) is 4.46. The van der Waals surface area contributed by atoms with E-state index in [2.05, 4.69) is 15.2 Å². The zero-order chi connectivity index (χ0) is 12.1. The van der Waals surface area contributed by atoms with Crippen molar-refractivity contribution in [1.29, 1.82) is 0 Å². The minimum Gasteiger partial charge on any atom is -0.411 e. The first-order valence-corrected chi connectivity index (χ1v) is 6.10. The molecule has 0 fully saturated rings. The van der Waals surface area contributed by atoms with E-state index >= 15 is 0 Å². The van der Waals surface area contributed by atoms with Crippen molar-refractivity contribution in [3.63, 3.8) is 0 Å². The fraction of sp³-hybridized carbons (Fsp3) is 0.273. The van der Waals surface area contributed by atoms with Crippen LogP contribution in [0.3, 0.4) is 0 Å². The molecule has 0 amide bonds. The highest BCUT2D eigenvalue weighted by Crippen LogP contribution is 2.22. The lowest BCUT2D eigenvalue weighted by atomic mass is 10.3. The quantitative estimate of drug-likeness (QED) is 0.757. The van der Waals surface area contributed by atoms with Crippen LogP contribution in [0.2, 0.25) is 0 Å². The van der Waals surface area contributed by atoms with Gasteiger partial charge in [0.15, 0.2) is 0 Å². The van der Waals surface area contributed by atoms with Crippen LogP contribution in [0.4, 0.5) is 0 Å². The largest absolute Gasteiger partial charge is 0.411 e. The van der Waals surface area contributed by atoms with Crippen molar-refractivity contribution in [1.82, 2.24) is 15.2 Å². The molecule has 0 atom stereocenters. The Bertz CT molecular complexity index is 498. The summed E-state index contributed by atoms with van der Waals surface area (Å²) in [4.78, 5) is 14.7. The molecule has 0 saturated heterocycles. The zero-order valence-corrected chi connectivity index (χ0v) is 10.1. The van der Waals surface area contributed by atoms with E-state index in [1.165, 1.54) is 11.8 Å². The highest BCUT2D eigenvalue weighted by molar-refractivity contribution is 7.99. The molecule has 0 aromatic carbocycles. The van der Waals surface area contributed by atoms with Gasteiger partial charge in [0.2, 0.25) is 5.89 Å². The maximum atomic E-state index is 10.8. The Balaban J connectivity index is 1.99. The predicted octanol–water partition coefficient (Wildman–Crippen LogP) is 2.20. The summed E-state index contributed by atoms with van der Waals surface area (Å²) >= 11 is 1.39. The lowest BCUT2D eigenvalue weighted by molar-refractivity contribution is -0.116. The van der Waals surface area contributed by atoms with Gasteiger partial charge in [-0.25, -0.2) is 0 Å². The van der Waals surface area contributed by atoms with E-state index in [0.29, 0.717) is 23.3 Å². The van der Waals surface area contributed by atoms with Gasteiger partial charge in [0, 0.05) is 30.1 Å². The van der Waals surface area contributed by atoms with E-state index in [4.69, 9.17) is 4.42 Å². The number of pyridine rings is 1. The summed E-state index contributed by atoms with van der Waals surface area (Å²) in [6.07, 6.45) is 3.85. The van der Waals surface area contributed by atoms with Crippen LogP contribution in [0.15, 0.2) is 34.2 Å². The molecule has 6 heteroatoms. The van der Waals surface area contributed by atoms with Crippen LogP contribution < -0.4 is 0 Å². The Kier molecular flexibility index (Phi) is 3.87. The minimum atomic E-state index is 0.159. The predicted molar refractivity (Wildman–Crippen MR) is 63.6 cm³/mol. The molecular formula is C11H11N3O2S. The van der Waals surface area contributed by atoms with E-state index in [-0.39, 0.29) is 5.78 Å². The number of aromatic nitrogens is 3. The molecule has 0 unspecified atom stereocenters. The minimum absolute atomic E-state index is 0.159. The summed E-state index contributed by atoms with van der Waals surface area (Å²) in [6.45, 7) is 1.57. The lowest BCUT2D eigenvalue weighted by Gasteiger charge is -1.93. The smallest absolute Gasteiger partial charge is 0.276 e. The number of hydrogen-bond donors (Lipinski definition) is 0. The van der Waals surface area contributed by atoms with Crippen LogP contribution in [0.25, 0.3) is 11.5 Å². The Morgan fingerprint density at radius 2 is 2.12 bits per heavy atom. The second kappa shape index (κ2) is 5.58. The Labute approximate surface area is 103 Å². The summed E-state index contributed by atoms with van der Waals surface area (Å²) in [7, 11) is 0. The molecular weight excluding hydrogens is 238 g/mol. The van der Waals surface area contributed by atoms with Crippen molar-refractivity contribution in [2.75, 3.05) is 5.75 Å². The van der Waals surface area contributed by atoms with Crippen LogP contribution >= 0.6 is 11.8 Å². The molecule has 0 aliphatic carbocycles. The van der Waals surface area contributed by atoms with Gasteiger partial charge < -0.3 is 4.42 Å². The van der Waals surface area contributed by atoms with Crippen molar-refractivity contribution in [2.24, 2.45) is 0 Å². The average Bonchev–Trinajstić information content (AvgIpc) is 2.78. The van der Waals surface area contributed by atoms with E-state index < -0.39 is 0 Å². The van der Waals surface area contributed by atoms with Crippen molar-refractivity contribution in [3.8, 4) is 11.5 Å². The van der Waals surface area contributed by atoms with Gasteiger partial charge >= 0.3 is 0 Å². The summed E-state index contributed by atoms with van der Waals surface area (Å²) < 4.78 is 5.45. The highest BCUT2D eigenvalue weighted by Gasteiger charge is 2.08. The van der Waals surface area contributed by atoms with Crippen LogP contribution in [-0.4, -0.2) is 26.7 Å². The molecule has 2 rings (SSSR count). The van der Waals surface area contributed by atoms with Crippen molar-refractivity contribution >= 4 is 17.5 Å². The summed E-state index contributed by atoms with van der Waals surface area (Å²) in [5, 5.41) is 8.32. The van der Waals surface area contributed by atoms with Crippen LogP contribution in [-0.2, 0) is 4.79 Å². The van der Waals surface area contributed by atoms with Crippen molar-refractivity contribution in [3.05, 3.63) is 24.5 Å². The van der Waals surface area contributed by atoms with Crippen LogP contribution in [0, 0.1) is 0 Å². The van der Waals surface area contributed by atoms with Gasteiger partial charge in [-0.15, -0.1) is 10.2 Å². The SMILES string of the molecule is CC(=O)CCSc1nnc(-c2ccncc2)o1. The van der Waals surface area contributed by atoms with Gasteiger partial charge in [0.25, 0.3) is 5.22 Å². The number of ketones is 1. The Hall–Kier alpha value is -1.69. The third-order valence-corrected chi connectivity index (χ3v) is 2.83. The van der Waals surface area contributed by atoms with Gasteiger partial charge in [-0.2, -0.15) is 0 Å². The maximum Gasteiger partial charge on any atom is 0.276 e. The fourth-order valence-corrected chi connectivity index (χ4v) is 1.96. The first-order chi connectivity index (χ1) is 8.25. The monoisotopic (exact) mass is 249 g/mol. The summed E-state index contributed by atoms with van der Waals surface area (Å²) in [5.74, 6) is 1.29. The molecule has 0 saturated carbocycles. The van der Waals surface area contributed by atoms with Gasteiger partial charge in [0.1, 0.15) is 5.78 Å².